The van der Waals surface area contributed by atoms with Crippen LogP contribution in [0.5, 0.6) is 0 Å². The van der Waals surface area contributed by atoms with Gasteiger partial charge in [0.1, 0.15) is 12.1 Å². The van der Waals surface area contributed by atoms with Crippen molar-refractivity contribution in [2.24, 2.45) is 0 Å². The molecule has 2 fully saturated rings. The van der Waals surface area contributed by atoms with Gasteiger partial charge in [-0.15, -0.1) is 0 Å². The van der Waals surface area contributed by atoms with Crippen molar-refractivity contribution >= 4 is 11.8 Å². The summed E-state index contributed by atoms with van der Waals surface area (Å²) < 4.78 is 6.73. The van der Waals surface area contributed by atoms with Gasteiger partial charge in [0.15, 0.2) is 12.4 Å². The molecule has 4 rings (SSSR count). The second-order valence-electron chi connectivity index (χ2n) is 8.23. The van der Waals surface area contributed by atoms with Gasteiger partial charge in [-0.3, -0.25) is 14.6 Å². The third-order valence-corrected chi connectivity index (χ3v) is 5.99. The lowest BCUT2D eigenvalue weighted by Crippen LogP contribution is -2.46. The molecule has 164 valence electrons. The van der Waals surface area contributed by atoms with Crippen LogP contribution < -0.4 is 4.73 Å². The Bertz CT molecular complexity index is 901. The molecule has 1 atom stereocenters. The largest absolute Gasteiger partial charge is 0.619 e. The molecular formula is C23H28N4O4. The van der Waals surface area contributed by atoms with Gasteiger partial charge in [-0.2, -0.15) is 4.73 Å². The number of carbonyl (C=O) groups is 2. The molecule has 3 heterocycles. The van der Waals surface area contributed by atoms with E-state index in [1.807, 2.05) is 23.1 Å². The van der Waals surface area contributed by atoms with E-state index in [2.05, 4.69) is 4.98 Å². The average Bonchev–Trinajstić information content (AvgIpc) is 2.97. The van der Waals surface area contributed by atoms with Crippen molar-refractivity contribution in [1.29, 1.82) is 0 Å². The summed E-state index contributed by atoms with van der Waals surface area (Å²) in [7, 11) is 0. The highest BCUT2D eigenvalue weighted by Gasteiger charge is 2.35. The summed E-state index contributed by atoms with van der Waals surface area (Å²) in [6.07, 6.45) is 9.35. The van der Waals surface area contributed by atoms with E-state index < -0.39 is 0 Å². The molecule has 1 saturated carbocycles. The van der Waals surface area contributed by atoms with Crippen LogP contribution in [0.4, 0.5) is 0 Å². The van der Waals surface area contributed by atoms with Crippen molar-refractivity contribution in [3.63, 3.8) is 0 Å². The van der Waals surface area contributed by atoms with Crippen molar-refractivity contribution < 1.29 is 19.1 Å². The number of pyridine rings is 2. The maximum absolute atomic E-state index is 13.1. The number of hydrogen-bond acceptors (Lipinski definition) is 5. The van der Waals surface area contributed by atoms with E-state index in [1.54, 1.807) is 12.3 Å². The van der Waals surface area contributed by atoms with Gasteiger partial charge in [-0.1, -0.05) is 25.3 Å². The Labute approximate surface area is 182 Å². The Morgan fingerprint density at radius 1 is 1.16 bits per heavy atom. The highest BCUT2D eigenvalue weighted by molar-refractivity contribution is 5.96. The quantitative estimate of drug-likeness (QED) is 0.540. The van der Waals surface area contributed by atoms with Crippen molar-refractivity contribution in [3.8, 4) is 0 Å². The Morgan fingerprint density at radius 2 is 2.00 bits per heavy atom. The van der Waals surface area contributed by atoms with Gasteiger partial charge in [0, 0.05) is 31.4 Å². The maximum Gasteiger partial charge on any atom is 0.260 e. The SMILES string of the molecule is O=C(c1ccc[n+]([O-])c1)N1CC(=O)N(C2CCCCC2)C[C@@H](OCc2ccccn2)C1. The lowest BCUT2D eigenvalue weighted by atomic mass is 9.94. The lowest BCUT2D eigenvalue weighted by Gasteiger charge is -2.34. The zero-order valence-electron chi connectivity index (χ0n) is 17.6. The normalized spacial score (nSPS) is 20.5. The van der Waals surface area contributed by atoms with Gasteiger partial charge < -0.3 is 19.7 Å². The summed E-state index contributed by atoms with van der Waals surface area (Å²) in [5.74, 6) is -0.398. The molecule has 1 aliphatic heterocycles. The second-order valence-corrected chi connectivity index (χ2v) is 8.23. The molecule has 0 bridgehead atoms. The summed E-state index contributed by atoms with van der Waals surface area (Å²) in [6.45, 7) is 1.05. The molecule has 2 amide bonds. The van der Waals surface area contributed by atoms with Gasteiger partial charge in [0.05, 0.1) is 18.4 Å². The summed E-state index contributed by atoms with van der Waals surface area (Å²) >= 11 is 0. The van der Waals surface area contributed by atoms with Crippen LogP contribution in [-0.2, 0) is 16.1 Å². The molecule has 8 heteroatoms. The van der Waals surface area contributed by atoms with Crippen molar-refractivity contribution in [1.82, 2.24) is 14.8 Å². The van der Waals surface area contributed by atoms with Crippen LogP contribution in [0.3, 0.4) is 0 Å². The monoisotopic (exact) mass is 424 g/mol. The predicted molar refractivity (Wildman–Crippen MR) is 113 cm³/mol. The van der Waals surface area contributed by atoms with Gasteiger partial charge >= 0.3 is 0 Å². The highest BCUT2D eigenvalue weighted by Crippen LogP contribution is 2.25. The highest BCUT2D eigenvalue weighted by atomic mass is 16.5. The van der Waals surface area contributed by atoms with Crippen molar-refractivity contribution in [3.05, 3.63) is 65.4 Å². The van der Waals surface area contributed by atoms with E-state index in [0.717, 1.165) is 31.4 Å². The van der Waals surface area contributed by atoms with Gasteiger partial charge in [-0.05, 0) is 31.0 Å². The molecule has 2 aliphatic rings. The number of aromatic nitrogens is 2. The third kappa shape index (κ3) is 5.38. The summed E-state index contributed by atoms with van der Waals surface area (Å²) in [5, 5.41) is 11.6. The van der Waals surface area contributed by atoms with E-state index in [4.69, 9.17) is 4.74 Å². The fourth-order valence-electron chi connectivity index (χ4n) is 4.40. The average molecular weight is 425 g/mol. The molecule has 0 N–H and O–H groups in total. The Kier molecular flexibility index (Phi) is 6.76. The summed E-state index contributed by atoms with van der Waals surface area (Å²) in [5.41, 5.74) is 1.07. The van der Waals surface area contributed by atoms with E-state index >= 15 is 0 Å². The minimum absolute atomic E-state index is 0.00741. The Balaban J connectivity index is 1.53. The van der Waals surface area contributed by atoms with Crippen molar-refractivity contribution in [2.45, 2.75) is 50.9 Å². The maximum atomic E-state index is 13.1. The van der Waals surface area contributed by atoms with Crippen LogP contribution in [0.25, 0.3) is 0 Å². The Hall–Kier alpha value is -3.00. The number of nitrogens with zero attached hydrogens (tertiary/aromatic N) is 4. The van der Waals surface area contributed by atoms with Gasteiger partial charge in [0.2, 0.25) is 5.91 Å². The number of carbonyl (C=O) groups excluding carboxylic acids is 2. The predicted octanol–water partition coefficient (Wildman–Crippen LogP) is 1.92. The first-order valence-corrected chi connectivity index (χ1v) is 10.9. The number of hydrogen-bond donors (Lipinski definition) is 0. The molecule has 1 aliphatic carbocycles. The first kappa shape index (κ1) is 21.2. The third-order valence-electron chi connectivity index (χ3n) is 5.99. The molecule has 31 heavy (non-hydrogen) atoms. The molecule has 8 nitrogen and oxygen atoms in total. The molecule has 1 saturated heterocycles. The van der Waals surface area contributed by atoms with Crippen LogP contribution in [0.1, 0.15) is 48.2 Å². The first-order chi connectivity index (χ1) is 15.1. The van der Waals surface area contributed by atoms with E-state index in [9.17, 15) is 14.8 Å². The fraction of sp³-hybridized carbons (Fsp3) is 0.478. The van der Waals surface area contributed by atoms with E-state index in [1.165, 1.54) is 29.8 Å². The molecule has 2 aromatic heterocycles. The number of amides is 2. The van der Waals surface area contributed by atoms with Crippen LogP contribution in [0.15, 0.2) is 48.9 Å². The summed E-state index contributed by atoms with van der Waals surface area (Å²) in [6, 6.07) is 8.96. The molecule has 0 unspecified atom stereocenters. The van der Waals surface area contributed by atoms with E-state index in [0.29, 0.717) is 17.9 Å². The molecule has 0 aromatic carbocycles. The van der Waals surface area contributed by atoms with Gasteiger partial charge in [-0.25, -0.2) is 0 Å². The lowest BCUT2D eigenvalue weighted by molar-refractivity contribution is -0.605. The standard InChI is InChI=1S/C23H28N4O4/c28-22-16-25(23(29)18-7-6-12-26(30)13-18)14-21(31-17-19-8-4-5-11-24-19)15-27(22)20-9-2-1-3-10-20/h4-8,11-13,20-21H,1-3,9-10,14-17H2/t21-/m0/s1. The number of rotatable bonds is 5. The van der Waals surface area contributed by atoms with Crippen LogP contribution in [0.2, 0.25) is 0 Å². The zero-order valence-corrected chi connectivity index (χ0v) is 17.6. The molecule has 0 spiro atoms. The molecule has 2 aromatic rings. The smallest absolute Gasteiger partial charge is 0.260 e. The molecule has 0 radical (unpaired) electrons. The zero-order chi connectivity index (χ0) is 21.6. The minimum Gasteiger partial charge on any atom is -0.619 e. The number of ether oxygens (including phenoxy) is 1. The van der Waals surface area contributed by atoms with Crippen molar-refractivity contribution in [2.75, 3.05) is 19.6 Å². The second kappa shape index (κ2) is 9.87. The minimum atomic E-state index is -0.338. The topological polar surface area (TPSA) is 89.7 Å². The fourth-order valence-corrected chi connectivity index (χ4v) is 4.40. The summed E-state index contributed by atoms with van der Waals surface area (Å²) in [4.78, 5) is 33.9. The van der Waals surface area contributed by atoms with Crippen LogP contribution in [0, 0.1) is 5.21 Å². The van der Waals surface area contributed by atoms with Gasteiger partial charge in [0.25, 0.3) is 5.91 Å². The Morgan fingerprint density at radius 3 is 2.74 bits per heavy atom. The van der Waals surface area contributed by atoms with Crippen LogP contribution in [-0.4, -0.2) is 58.4 Å². The van der Waals surface area contributed by atoms with Crippen LogP contribution >= 0.6 is 0 Å². The molecular weight excluding hydrogens is 396 g/mol. The van der Waals surface area contributed by atoms with E-state index in [-0.39, 0.29) is 42.6 Å². The first-order valence-electron chi connectivity index (χ1n) is 10.9.